The molecule has 2 rings (SSSR count). The van der Waals surface area contributed by atoms with Crippen molar-refractivity contribution in [2.75, 3.05) is 10.5 Å². The first-order valence-corrected chi connectivity index (χ1v) is 13.6. The van der Waals surface area contributed by atoms with E-state index in [1.165, 1.54) is 70.6 Å². The standard InChI is InChI=1S/C25H40N2O2S/c1-2-3-4-5-6-7-8-9-10-11-12-13-14-15-22-30(28,29)27-24-20-16-18-23-19-17-21-26-25(23)24/h16-21,27H,2-15,22H2,1H3. The van der Waals surface area contributed by atoms with Crippen LogP contribution in [0.15, 0.2) is 36.5 Å². The third kappa shape index (κ3) is 9.92. The summed E-state index contributed by atoms with van der Waals surface area (Å²) in [5, 5.41) is 0.939. The predicted octanol–water partition coefficient (Wildman–Crippen LogP) is 7.46. The van der Waals surface area contributed by atoms with Gasteiger partial charge in [-0.05, 0) is 18.6 Å². The lowest BCUT2D eigenvalue weighted by Crippen LogP contribution is -2.17. The van der Waals surface area contributed by atoms with Crippen LogP contribution >= 0.6 is 0 Å². The number of nitrogens with one attached hydrogen (secondary N) is 1. The summed E-state index contributed by atoms with van der Waals surface area (Å²) in [5.41, 5.74) is 1.27. The molecule has 0 atom stereocenters. The Morgan fingerprint density at radius 3 is 1.87 bits per heavy atom. The van der Waals surface area contributed by atoms with Crippen molar-refractivity contribution in [2.45, 2.75) is 96.8 Å². The fraction of sp³-hybridized carbons (Fsp3) is 0.640. The normalized spacial score (nSPS) is 11.8. The first-order chi connectivity index (χ1) is 14.6. The van der Waals surface area contributed by atoms with E-state index < -0.39 is 10.0 Å². The van der Waals surface area contributed by atoms with Crippen molar-refractivity contribution in [2.24, 2.45) is 0 Å². The van der Waals surface area contributed by atoms with Gasteiger partial charge >= 0.3 is 0 Å². The first-order valence-electron chi connectivity index (χ1n) is 12.0. The molecule has 2 aromatic rings. The van der Waals surface area contributed by atoms with Gasteiger partial charge in [0.1, 0.15) is 0 Å². The minimum atomic E-state index is -3.33. The summed E-state index contributed by atoms with van der Waals surface area (Å²) in [7, 11) is -3.33. The highest BCUT2D eigenvalue weighted by atomic mass is 32.2. The van der Waals surface area contributed by atoms with Crippen LogP contribution in [0, 0.1) is 0 Å². The van der Waals surface area contributed by atoms with Gasteiger partial charge in [-0.25, -0.2) is 8.42 Å². The molecule has 0 radical (unpaired) electrons. The van der Waals surface area contributed by atoms with E-state index in [1.54, 1.807) is 12.3 Å². The summed E-state index contributed by atoms with van der Waals surface area (Å²) in [4.78, 5) is 4.31. The molecule has 0 bridgehead atoms. The molecule has 5 heteroatoms. The smallest absolute Gasteiger partial charge is 0.232 e. The molecule has 0 spiro atoms. The maximum absolute atomic E-state index is 12.4. The predicted molar refractivity (Wildman–Crippen MR) is 129 cm³/mol. The summed E-state index contributed by atoms with van der Waals surface area (Å²) in [6.45, 7) is 2.26. The van der Waals surface area contributed by atoms with Crippen molar-refractivity contribution < 1.29 is 8.42 Å². The van der Waals surface area contributed by atoms with E-state index in [1.807, 2.05) is 24.3 Å². The van der Waals surface area contributed by atoms with Crippen LogP contribution in [-0.4, -0.2) is 19.2 Å². The molecule has 1 heterocycles. The van der Waals surface area contributed by atoms with Crippen LogP contribution < -0.4 is 4.72 Å². The maximum atomic E-state index is 12.4. The monoisotopic (exact) mass is 432 g/mol. The quantitative estimate of drug-likeness (QED) is 0.264. The van der Waals surface area contributed by atoms with Gasteiger partial charge in [0.2, 0.25) is 10.0 Å². The van der Waals surface area contributed by atoms with Crippen LogP contribution in [0.25, 0.3) is 10.9 Å². The number of unbranched alkanes of at least 4 members (excludes halogenated alkanes) is 13. The summed E-state index contributed by atoms with van der Waals surface area (Å²) in [5.74, 6) is 0.175. The molecule has 0 saturated heterocycles. The van der Waals surface area contributed by atoms with Crippen LogP contribution in [0.2, 0.25) is 0 Å². The van der Waals surface area contributed by atoms with Gasteiger partial charge in [-0.1, -0.05) is 109 Å². The van der Waals surface area contributed by atoms with Gasteiger partial charge in [-0.3, -0.25) is 9.71 Å². The number of fused-ring (bicyclic) bond motifs is 1. The average molecular weight is 433 g/mol. The molecule has 1 N–H and O–H groups in total. The Morgan fingerprint density at radius 2 is 1.27 bits per heavy atom. The summed E-state index contributed by atoms with van der Waals surface area (Å²) < 4.78 is 27.6. The molecule has 0 fully saturated rings. The number of para-hydroxylation sites is 1. The molecule has 0 aliphatic heterocycles. The highest BCUT2D eigenvalue weighted by molar-refractivity contribution is 7.92. The number of hydrogen-bond donors (Lipinski definition) is 1. The molecule has 1 aromatic carbocycles. The van der Waals surface area contributed by atoms with Gasteiger partial charge in [0.25, 0.3) is 0 Å². The molecule has 0 saturated carbocycles. The number of pyridine rings is 1. The van der Waals surface area contributed by atoms with Crippen LogP contribution in [0.1, 0.15) is 96.8 Å². The topological polar surface area (TPSA) is 59.1 Å². The fourth-order valence-electron chi connectivity index (χ4n) is 3.89. The summed E-state index contributed by atoms with van der Waals surface area (Å²) in [6.07, 6.45) is 19.4. The largest absolute Gasteiger partial charge is 0.281 e. The van der Waals surface area contributed by atoms with Gasteiger partial charge in [0, 0.05) is 11.6 Å². The van der Waals surface area contributed by atoms with Crippen molar-refractivity contribution in [3.8, 4) is 0 Å². The van der Waals surface area contributed by atoms with Crippen LogP contribution in [0.4, 0.5) is 5.69 Å². The Kier molecular flexibility index (Phi) is 11.8. The van der Waals surface area contributed by atoms with Crippen LogP contribution in [0.3, 0.4) is 0 Å². The van der Waals surface area contributed by atoms with E-state index in [4.69, 9.17) is 0 Å². The Bertz CT molecular complexity index is 816. The highest BCUT2D eigenvalue weighted by Crippen LogP contribution is 2.22. The number of sulfonamides is 1. The summed E-state index contributed by atoms with van der Waals surface area (Å²) in [6, 6.07) is 9.36. The van der Waals surface area contributed by atoms with Gasteiger partial charge in [-0.2, -0.15) is 0 Å². The van der Waals surface area contributed by atoms with Gasteiger partial charge < -0.3 is 0 Å². The third-order valence-corrected chi connectivity index (χ3v) is 7.02. The minimum absolute atomic E-state index is 0.175. The molecule has 0 unspecified atom stereocenters. The van der Waals surface area contributed by atoms with E-state index in [0.717, 1.165) is 18.2 Å². The zero-order valence-corrected chi connectivity index (χ0v) is 19.6. The number of anilines is 1. The summed E-state index contributed by atoms with van der Waals surface area (Å²) >= 11 is 0. The zero-order chi connectivity index (χ0) is 21.5. The van der Waals surface area contributed by atoms with Crippen LogP contribution in [0.5, 0.6) is 0 Å². The molecule has 0 aliphatic rings. The Hall–Kier alpha value is -1.62. The maximum Gasteiger partial charge on any atom is 0.232 e. The van der Waals surface area contributed by atoms with Gasteiger partial charge in [0.15, 0.2) is 0 Å². The van der Waals surface area contributed by atoms with E-state index in [2.05, 4.69) is 16.6 Å². The number of nitrogens with zero attached hydrogens (tertiary/aromatic N) is 1. The lowest BCUT2D eigenvalue weighted by Gasteiger charge is -2.10. The van der Waals surface area contributed by atoms with E-state index in [9.17, 15) is 8.42 Å². The Morgan fingerprint density at radius 1 is 0.733 bits per heavy atom. The van der Waals surface area contributed by atoms with E-state index in [0.29, 0.717) is 17.6 Å². The van der Waals surface area contributed by atoms with Crippen LogP contribution in [-0.2, 0) is 10.0 Å². The van der Waals surface area contributed by atoms with Gasteiger partial charge in [-0.15, -0.1) is 0 Å². The number of rotatable bonds is 17. The molecule has 0 aliphatic carbocycles. The molecule has 1 aromatic heterocycles. The second-order valence-electron chi connectivity index (χ2n) is 8.40. The van der Waals surface area contributed by atoms with Crippen molar-refractivity contribution in [1.29, 1.82) is 0 Å². The average Bonchev–Trinajstić information content (AvgIpc) is 2.74. The fourth-order valence-corrected chi connectivity index (χ4v) is 5.08. The molecule has 30 heavy (non-hydrogen) atoms. The van der Waals surface area contributed by atoms with Crippen molar-refractivity contribution in [3.05, 3.63) is 36.5 Å². The Balaban J connectivity index is 1.51. The second-order valence-corrected chi connectivity index (χ2v) is 10.2. The minimum Gasteiger partial charge on any atom is -0.281 e. The highest BCUT2D eigenvalue weighted by Gasteiger charge is 2.12. The number of aromatic nitrogens is 1. The third-order valence-electron chi connectivity index (χ3n) is 5.66. The van der Waals surface area contributed by atoms with Crippen molar-refractivity contribution >= 4 is 26.6 Å². The SMILES string of the molecule is CCCCCCCCCCCCCCCCS(=O)(=O)Nc1cccc2cccnc12. The zero-order valence-electron chi connectivity index (χ0n) is 18.7. The van der Waals surface area contributed by atoms with Crippen molar-refractivity contribution in [1.82, 2.24) is 4.98 Å². The van der Waals surface area contributed by atoms with E-state index >= 15 is 0 Å². The Labute approximate surface area is 183 Å². The lowest BCUT2D eigenvalue weighted by molar-refractivity contribution is 0.537. The second kappa shape index (κ2) is 14.4. The molecular formula is C25H40N2O2S. The number of hydrogen-bond acceptors (Lipinski definition) is 3. The molecular weight excluding hydrogens is 392 g/mol. The molecule has 168 valence electrons. The van der Waals surface area contributed by atoms with Gasteiger partial charge in [0.05, 0.1) is 17.0 Å². The molecule has 0 amide bonds. The lowest BCUT2D eigenvalue weighted by atomic mass is 10.0. The molecule has 4 nitrogen and oxygen atoms in total. The van der Waals surface area contributed by atoms with Crippen molar-refractivity contribution in [3.63, 3.8) is 0 Å². The first kappa shape index (κ1) is 24.6. The number of benzene rings is 1. The van der Waals surface area contributed by atoms with E-state index in [-0.39, 0.29) is 5.75 Å².